The van der Waals surface area contributed by atoms with Crippen molar-refractivity contribution >= 4 is 5.97 Å². The van der Waals surface area contributed by atoms with Crippen molar-refractivity contribution in [1.29, 1.82) is 0 Å². The highest BCUT2D eigenvalue weighted by Gasteiger charge is 2.36. The Morgan fingerprint density at radius 3 is 2.80 bits per heavy atom. The van der Waals surface area contributed by atoms with Crippen LogP contribution in [0.2, 0.25) is 0 Å². The van der Waals surface area contributed by atoms with Crippen molar-refractivity contribution in [3.63, 3.8) is 0 Å². The van der Waals surface area contributed by atoms with Crippen molar-refractivity contribution < 1.29 is 24.1 Å². The van der Waals surface area contributed by atoms with Crippen LogP contribution in [0.5, 0.6) is 0 Å². The van der Waals surface area contributed by atoms with Crippen LogP contribution in [-0.2, 0) is 19.0 Å². The normalized spacial score (nSPS) is 22.5. The first-order chi connectivity index (χ1) is 9.44. The molecule has 1 aromatic rings. The van der Waals surface area contributed by atoms with E-state index < -0.39 is 17.9 Å². The third kappa shape index (κ3) is 3.17. The Morgan fingerprint density at radius 2 is 2.20 bits per heavy atom. The molecule has 5 heteroatoms. The van der Waals surface area contributed by atoms with Gasteiger partial charge < -0.3 is 19.3 Å². The lowest BCUT2D eigenvalue weighted by Gasteiger charge is -2.20. The standard InChI is InChI=1S/C15H20O5/c1-4-18-14(17)13(16)11-8-6-5-7-10(11)12-9-19-15(2,3)20-12/h5-8,12-13,16H,4,9H2,1-3H3. The molecule has 2 unspecified atom stereocenters. The first-order valence-electron chi connectivity index (χ1n) is 6.70. The molecule has 1 saturated heterocycles. The van der Waals surface area contributed by atoms with Gasteiger partial charge in [-0.3, -0.25) is 0 Å². The van der Waals surface area contributed by atoms with Crippen molar-refractivity contribution in [2.75, 3.05) is 13.2 Å². The van der Waals surface area contributed by atoms with Gasteiger partial charge >= 0.3 is 5.97 Å². The molecule has 0 spiro atoms. The second kappa shape index (κ2) is 5.91. The van der Waals surface area contributed by atoms with Crippen molar-refractivity contribution in [3.8, 4) is 0 Å². The van der Waals surface area contributed by atoms with Gasteiger partial charge in [0.2, 0.25) is 0 Å². The molecule has 1 N–H and O–H groups in total. The van der Waals surface area contributed by atoms with Gasteiger partial charge in [-0.15, -0.1) is 0 Å². The predicted molar refractivity (Wildman–Crippen MR) is 71.9 cm³/mol. The highest BCUT2D eigenvalue weighted by molar-refractivity contribution is 5.76. The number of carbonyl (C=O) groups is 1. The van der Waals surface area contributed by atoms with Gasteiger partial charge in [-0.25, -0.2) is 4.79 Å². The van der Waals surface area contributed by atoms with E-state index in [1.54, 1.807) is 19.1 Å². The zero-order valence-corrected chi connectivity index (χ0v) is 12.0. The van der Waals surface area contributed by atoms with E-state index in [-0.39, 0.29) is 12.7 Å². The molecule has 2 atom stereocenters. The number of hydrogen-bond donors (Lipinski definition) is 1. The molecule has 0 amide bonds. The summed E-state index contributed by atoms with van der Waals surface area (Å²) in [5.41, 5.74) is 1.25. The Kier molecular flexibility index (Phi) is 4.42. The summed E-state index contributed by atoms with van der Waals surface area (Å²) < 4.78 is 16.2. The predicted octanol–water partition coefficient (Wildman–Crippen LogP) is 2.11. The fraction of sp³-hybridized carbons (Fsp3) is 0.533. The van der Waals surface area contributed by atoms with E-state index in [4.69, 9.17) is 14.2 Å². The quantitative estimate of drug-likeness (QED) is 0.856. The lowest BCUT2D eigenvalue weighted by atomic mass is 9.98. The summed E-state index contributed by atoms with van der Waals surface area (Å²) in [4.78, 5) is 11.7. The largest absolute Gasteiger partial charge is 0.464 e. The summed E-state index contributed by atoms with van der Waals surface area (Å²) in [6, 6.07) is 7.13. The van der Waals surface area contributed by atoms with E-state index in [9.17, 15) is 9.90 Å². The van der Waals surface area contributed by atoms with E-state index in [2.05, 4.69) is 0 Å². The van der Waals surface area contributed by atoms with Crippen LogP contribution in [-0.4, -0.2) is 30.1 Å². The van der Waals surface area contributed by atoms with Crippen LogP contribution in [0, 0.1) is 0 Å². The van der Waals surface area contributed by atoms with Crippen LogP contribution in [0.15, 0.2) is 24.3 Å². The van der Waals surface area contributed by atoms with Crippen molar-refractivity contribution in [2.45, 2.75) is 38.8 Å². The minimum Gasteiger partial charge on any atom is -0.464 e. The highest BCUT2D eigenvalue weighted by atomic mass is 16.7. The number of rotatable bonds is 4. The molecule has 5 nitrogen and oxygen atoms in total. The van der Waals surface area contributed by atoms with E-state index in [1.807, 2.05) is 26.0 Å². The second-order valence-corrected chi connectivity index (χ2v) is 5.10. The van der Waals surface area contributed by atoms with Gasteiger partial charge in [0.1, 0.15) is 6.10 Å². The number of esters is 1. The Labute approximate surface area is 118 Å². The van der Waals surface area contributed by atoms with E-state index in [0.29, 0.717) is 12.2 Å². The third-order valence-electron chi connectivity index (χ3n) is 3.16. The molecular formula is C15H20O5. The van der Waals surface area contributed by atoms with Gasteiger partial charge in [-0.1, -0.05) is 24.3 Å². The number of aliphatic hydroxyl groups excluding tert-OH is 1. The van der Waals surface area contributed by atoms with E-state index in [1.165, 1.54) is 0 Å². The summed E-state index contributed by atoms with van der Waals surface area (Å²) >= 11 is 0. The monoisotopic (exact) mass is 280 g/mol. The van der Waals surface area contributed by atoms with Gasteiger partial charge in [0.05, 0.1) is 13.2 Å². The summed E-state index contributed by atoms with van der Waals surface area (Å²) in [5.74, 6) is -1.31. The molecule has 1 aliphatic rings. The van der Waals surface area contributed by atoms with Crippen molar-refractivity contribution in [1.82, 2.24) is 0 Å². The van der Waals surface area contributed by atoms with Crippen LogP contribution < -0.4 is 0 Å². The molecule has 110 valence electrons. The summed E-state index contributed by atoms with van der Waals surface area (Å²) in [5, 5.41) is 10.1. The molecule has 0 aromatic heterocycles. The van der Waals surface area contributed by atoms with E-state index >= 15 is 0 Å². The second-order valence-electron chi connectivity index (χ2n) is 5.10. The van der Waals surface area contributed by atoms with Gasteiger partial charge in [-0.05, 0) is 31.9 Å². The van der Waals surface area contributed by atoms with Crippen molar-refractivity contribution in [2.24, 2.45) is 0 Å². The SMILES string of the molecule is CCOC(=O)C(O)c1ccccc1C1COC(C)(C)O1. The maximum absolute atomic E-state index is 11.7. The third-order valence-corrected chi connectivity index (χ3v) is 3.16. The maximum atomic E-state index is 11.7. The number of ether oxygens (including phenoxy) is 3. The minimum absolute atomic E-state index is 0.230. The molecule has 2 rings (SSSR count). The van der Waals surface area contributed by atoms with Crippen molar-refractivity contribution in [3.05, 3.63) is 35.4 Å². The zero-order chi connectivity index (χ0) is 14.8. The molecule has 1 aliphatic heterocycles. The number of benzene rings is 1. The lowest BCUT2D eigenvalue weighted by Crippen LogP contribution is -2.21. The minimum atomic E-state index is -1.31. The Balaban J connectivity index is 2.25. The van der Waals surface area contributed by atoms with Crippen LogP contribution in [0.4, 0.5) is 0 Å². The molecule has 20 heavy (non-hydrogen) atoms. The van der Waals surface area contributed by atoms with Gasteiger partial charge in [-0.2, -0.15) is 0 Å². The summed E-state index contributed by atoms with van der Waals surface area (Å²) in [6.45, 7) is 5.98. The van der Waals surface area contributed by atoms with Crippen LogP contribution in [0.3, 0.4) is 0 Å². The van der Waals surface area contributed by atoms with Crippen LogP contribution in [0.25, 0.3) is 0 Å². The summed E-state index contributed by atoms with van der Waals surface area (Å²) in [6.07, 6.45) is -1.61. The molecule has 1 aromatic carbocycles. The van der Waals surface area contributed by atoms with Crippen LogP contribution >= 0.6 is 0 Å². The lowest BCUT2D eigenvalue weighted by molar-refractivity contribution is -0.153. The average molecular weight is 280 g/mol. The fourth-order valence-electron chi connectivity index (χ4n) is 2.24. The molecular weight excluding hydrogens is 260 g/mol. The highest BCUT2D eigenvalue weighted by Crippen LogP contribution is 2.36. The zero-order valence-electron chi connectivity index (χ0n) is 12.0. The summed E-state index contributed by atoms with van der Waals surface area (Å²) in [7, 11) is 0. The molecule has 0 saturated carbocycles. The number of carbonyl (C=O) groups excluding carboxylic acids is 1. The molecule has 0 radical (unpaired) electrons. The maximum Gasteiger partial charge on any atom is 0.339 e. The van der Waals surface area contributed by atoms with Gasteiger partial charge in [0.15, 0.2) is 11.9 Å². The molecule has 0 bridgehead atoms. The van der Waals surface area contributed by atoms with Crippen LogP contribution in [0.1, 0.15) is 44.1 Å². The molecule has 1 fully saturated rings. The molecule has 0 aliphatic carbocycles. The van der Waals surface area contributed by atoms with Gasteiger partial charge in [0.25, 0.3) is 0 Å². The fourth-order valence-corrected chi connectivity index (χ4v) is 2.24. The Bertz CT molecular complexity index is 483. The Hall–Kier alpha value is -1.43. The first-order valence-corrected chi connectivity index (χ1v) is 6.70. The number of hydrogen-bond acceptors (Lipinski definition) is 5. The molecule has 1 heterocycles. The smallest absolute Gasteiger partial charge is 0.339 e. The Morgan fingerprint density at radius 1 is 1.50 bits per heavy atom. The number of aliphatic hydroxyl groups is 1. The van der Waals surface area contributed by atoms with E-state index in [0.717, 1.165) is 5.56 Å². The first kappa shape index (κ1) is 15.0. The topological polar surface area (TPSA) is 65.0 Å². The van der Waals surface area contributed by atoms with Gasteiger partial charge in [0, 0.05) is 0 Å². The average Bonchev–Trinajstić information content (AvgIpc) is 2.78.